The molecule has 5 rings (SSSR count). The van der Waals surface area contributed by atoms with E-state index >= 15 is 0 Å². The van der Waals surface area contributed by atoms with E-state index in [2.05, 4.69) is 15.3 Å². The minimum atomic E-state index is -0.273. The predicted molar refractivity (Wildman–Crippen MR) is 126 cm³/mol. The maximum atomic E-state index is 12.8. The molecule has 0 radical (unpaired) electrons. The molecule has 7 nitrogen and oxygen atoms in total. The lowest BCUT2D eigenvalue weighted by atomic mass is 10.2. The van der Waals surface area contributed by atoms with Crippen LogP contribution in [0.3, 0.4) is 0 Å². The fourth-order valence-corrected chi connectivity index (χ4v) is 4.30. The van der Waals surface area contributed by atoms with E-state index in [0.717, 1.165) is 16.0 Å². The molecule has 0 aliphatic carbocycles. The number of benzene rings is 3. The molecule has 1 amide bonds. The normalized spacial score (nSPS) is 11.0. The van der Waals surface area contributed by atoms with Crippen molar-refractivity contribution in [1.29, 1.82) is 0 Å². The molecule has 32 heavy (non-hydrogen) atoms. The van der Waals surface area contributed by atoms with Gasteiger partial charge in [0.2, 0.25) is 0 Å². The van der Waals surface area contributed by atoms with Gasteiger partial charge in [0.1, 0.15) is 12.1 Å². The van der Waals surface area contributed by atoms with Gasteiger partial charge in [0.05, 0.1) is 33.4 Å². The van der Waals surface area contributed by atoms with Gasteiger partial charge in [-0.05, 0) is 61.5 Å². The number of hydrogen-bond acceptors (Lipinski definition) is 6. The smallest absolute Gasteiger partial charge is 0.265 e. The summed E-state index contributed by atoms with van der Waals surface area (Å²) < 4.78 is 7.92. The van der Waals surface area contributed by atoms with Crippen molar-refractivity contribution >= 4 is 43.5 Å². The third-order valence-corrected chi connectivity index (χ3v) is 5.90. The highest BCUT2D eigenvalue weighted by Crippen LogP contribution is 2.29. The molecule has 0 aliphatic rings. The summed E-state index contributed by atoms with van der Waals surface area (Å²) in [5.74, 6) is 0.500. The topological polar surface area (TPSA) is 86.1 Å². The third kappa shape index (κ3) is 3.72. The summed E-state index contributed by atoms with van der Waals surface area (Å²) in [6.07, 6.45) is 1.50. The monoisotopic (exact) mass is 442 g/mol. The van der Waals surface area contributed by atoms with Crippen molar-refractivity contribution in [1.82, 2.24) is 14.5 Å². The third-order valence-electron chi connectivity index (χ3n) is 4.96. The molecule has 0 atom stereocenters. The van der Waals surface area contributed by atoms with Crippen molar-refractivity contribution in [3.8, 4) is 11.4 Å². The van der Waals surface area contributed by atoms with Gasteiger partial charge in [-0.15, -0.1) is 0 Å². The lowest BCUT2D eigenvalue weighted by Crippen LogP contribution is -2.19. The highest BCUT2D eigenvalue weighted by atomic mass is 32.1. The Morgan fingerprint density at radius 3 is 2.69 bits per heavy atom. The number of carbonyl (C=O) groups is 1. The summed E-state index contributed by atoms with van der Waals surface area (Å²) in [5, 5.41) is 3.89. The Morgan fingerprint density at radius 1 is 1.06 bits per heavy atom. The van der Waals surface area contributed by atoms with Gasteiger partial charge in [-0.1, -0.05) is 23.5 Å². The fourth-order valence-electron chi connectivity index (χ4n) is 3.41. The number of fused-ring (bicyclic) bond motifs is 2. The van der Waals surface area contributed by atoms with Gasteiger partial charge >= 0.3 is 0 Å². The molecule has 158 valence electrons. The van der Waals surface area contributed by atoms with Gasteiger partial charge in [-0.3, -0.25) is 19.5 Å². The maximum absolute atomic E-state index is 12.8. The van der Waals surface area contributed by atoms with Crippen LogP contribution in [0, 0.1) is 0 Å². The van der Waals surface area contributed by atoms with Crippen LogP contribution in [-0.4, -0.2) is 27.0 Å². The molecule has 2 aromatic heterocycles. The summed E-state index contributed by atoms with van der Waals surface area (Å²) in [7, 11) is 0. The fraction of sp³-hybridized carbons (Fsp3) is 0.0833. The molecule has 0 aliphatic heterocycles. The van der Waals surface area contributed by atoms with Gasteiger partial charge < -0.3 is 4.74 Å². The molecule has 5 aromatic rings. The number of hydrogen-bond donors (Lipinski definition) is 1. The van der Waals surface area contributed by atoms with Crippen molar-refractivity contribution in [2.45, 2.75) is 6.92 Å². The first kappa shape index (κ1) is 19.9. The molecular formula is C24H18N4O3S. The Kier molecular flexibility index (Phi) is 5.12. The van der Waals surface area contributed by atoms with Crippen molar-refractivity contribution in [2.75, 3.05) is 11.9 Å². The lowest BCUT2D eigenvalue weighted by molar-refractivity contribution is 0.102. The van der Waals surface area contributed by atoms with Crippen LogP contribution in [-0.2, 0) is 0 Å². The SMILES string of the molecule is CCOc1ccc2nc(NC(=O)c3ccc(-n4cnc5ccccc5c4=O)cc3)sc2c1. The molecule has 0 spiro atoms. The Balaban J connectivity index is 1.37. The molecule has 1 N–H and O–H groups in total. The summed E-state index contributed by atoms with van der Waals surface area (Å²) in [6, 6.07) is 19.6. The minimum Gasteiger partial charge on any atom is -0.494 e. The van der Waals surface area contributed by atoms with Crippen molar-refractivity contribution in [3.63, 3.8) is 0 Å². The van der Waals surface area contributed by atoms with E-state index < -0.39 is 0 Å². The van der Waals surface area contributed by atoms with Crippen molar-refractivity contribution in [3.05, 3.63) is 89.0 Å². The van der Waals surface area contributed by atoms with Crippen LogP contribution < -0.4 is 15.6 Å². The second kappa shape index (κ2) is 8.24. The second-order valence-electron chi connectivity index (χ2n) is 7.02. The van der Waals surface area contributed by atoms with E-state index in [9.17, 15) is 9.59 Å². The summed E-state index contributed by atoms with van der Waals surface area (Å²) in [6.45, 7) is 2.52. The maximum Gasteiger partial charge on any atom is 0.265 e. The zero-order valence-corrected chi connectivity index (χ0v) is 17.9. The van der Waals surface area contributed by atoms with Gasteiger partial charge in [0, 0.05) is 5.56 Å². The average Bonchev–Trinajstić information content (AvgIpc) is 3.21. The van der Waals surface area contributed by atoms with Crippen molar-refractivity contribution < 1.29 is 9.53 Å². The lowest BCUT2D eigenvalue weighted by Gasteiger charge is -2.08. The molecule has 2 heterocycles. The van der Waals surface area contributed by atoms with Crippen LogP contribution in [0.2, 0.25) is 0 Å². The van der Waals surface area contributed by atoms with E-state index in [1.165, 1.54) is 22.2 Å². The zero-order valence-electron chi connectivity index (χ0n) is 17.1. The van der Waals surface area contributed by atoms with Crippen molar-refractivity contribution in [2.24, 2.45) is 0 Å². The molecule has 8 heteroatoms. The van der Waals surface area contributed by atoms with E-state index in [-0.39, 0.29) is 11.5 Å². The Hall–Kier alpha value is -4.04. The Bertz CT molecular complexity index is 1510. The summed E-state index contributed by atoms with van der Waals surface area (Å²) in [5.41, 5.74) is 2.38. The van der Waals surface area contributed by atoms with E-state index in [1.807, 2.05) is 37.3 Å². The largest absolute Gasteiger partial charge is 0.494 e. The minimum absolute atomic E-state index is 0.159. The quantitative estimate of drug-likeness (QED) is 0.428. The number of rotatable bonds is 5. The highest BCUT2D eigenvalue weighted by molar-refractivity contribution is 7.22. The van der Waals surface area contributed by atoms with E-state index in [1.54, 1.807) is 36.4 Å². The number of nitrogens with zero attached hydrogens (tertiary/aromatic N) is 3. The van der Waals surface area contributed by atoms with Crippen LogP contribution in [0.1, 0.15) is 17.3 Å². The van der Waals surface area contributed by atoms with E-state index in [0.29, 0.717) is 33.9 Å². The van der Waals surface area contributed by atoms with Crippen LogP contribution in [0.15, 0.2) is 77.9 Å². The average molecular weight is 443 g/mol. The van der Waals surface area contributed by atoms with Crippen LogP contribution in [0.5, 0.6) is 5.75 Å². The molecule has 0 fully saturated rings. The number of carbonyl (C=O) groups excluding carboxylic acids is 1. The first-order valence-electron chi connectivity index (χ1n) is 10.0. The number of anilines is 1. The molecular weight excluding hydrogens is 424 g/mol. The standard InChI is InChI=1S/C24H18N4O3S/c1-2-31-17-11-12-20-21(13-17)32-24(26-20)27-22(29)15-7-9-16(10-8-15)28-14-25-19-6-4-3-5-18(19)23(28)30/h3-14H,2H2,1H3,(H,26,27,29). The molecule has 0 saturated heterocycles. The van der Waals surface area contributed by atoms with Crippen LogP contribution in [0.25, 0.3) is 26.8 Å². The zero-order chi connectivity index (χ0) is 22.1. The molecule has 0 saturated carbocycles. The van der Waals surface area contributed by atoms with Crippen LogP contribution in [0.4, 0.5) is 5.13 Å². The number of para-hydroxylation sites is 1. The number of aromatic nitrogens is 3. The van der Waals surface area contributed by atoms with Gasteiger partial charge in [-0.25, -0.2) is 9.97 Å². The Labute approximate surface area is 186 Å². The Morgan fingerprint density at radius 2 is 1.88 bits per heavy atom. The summed E-state index contributed by atoms with van der Waals surface area (Å²) >= 11 is 1.39. The number of nitrogens with one attached hydrogen (secondary N) is 1. The molecule has 3 aromatic carbocycles. The number of thiazole rings is 1. The summed E-state index contributed by atoms with van der Waals surface area (Å²) in [4.78, 5) is 34.3. The van der Waals surface area contributed by atoms with E-state index in [4.69, 9.17) is 4.74 Å². The number of amides is 1. The van der Waals surface area contributed by atoms with Gasteiger partial charge in [-0.2, -0.15) is 0 Å². The first-order valence-corrected chi connectivity index (χ1v) is 10.9. The predicted octanol–water partition coefficient (Wildman–Crippen LogP) is 4.65. The van der Waals surface area contributed by atoms with Gasteiger partial charge in [0.15, 0.2) is 5.13 Å². The van der Waals surface area contributed by atoms with Gasteiger partial charge in [0.25, 0.3) is 11.5 Å². The molecule has 0 bridgehead atoms. The second-order valence-corrected chi connectivity index (χ2v) is 8.05. The first-order chi connectivity index (χ1) is 15.6. The number of ether oxygens (including phenoxy) is 1. The van der Waals surface area contributed by atoms with Crippen LogP contribution >= 0.6 is 11.3 Å². The highest BCUT2D eigenvalue weighted by Gasteiger charge is 2.12. The molecule has 0 unspecified atom stereocenters.